The highest BCUT2D eigenvalue weighted by Crippen LogP contribution is 2.23. The summed E-state index contributed by atoms with van der Waals surface area (Å²) in [6.07, 6.45) is 4.68. The fourth-order valence-electron chi connectivity index (χ4n) is 4.46. The number of rotatable bonds is 9. The molecule has 0 spiro atoms. The van der Waals surface area contributed by atoms with Crippen LogP contribution in [-0.2, 0) is 22.7 Å². The highest BCUT2D eigenvalue weighted by atomic mass is 19.3. The zero-order chi connectivity index (χ0) is 23.0. The summed E-state index contributed by atoms with van der Waals surface area (Å²) in [5.74, 6) is 0.173. The minimum absolute atomic E-state index is 0.173. The zero-order valence-corrected chi connectivity index (χ0v) is 19.3. The number of hydrogen-bond donors (Lipinski definition) is 0. The van der Waals surface area contributed by atoms with Crippen LogP contribution in [0.3, 0.4) is 0 Å². The van der Waals surface area contributed by atoms with E-state index in [-0.39, 0.29) is 11.9 Å². The molecule has 2 aromatic rings. The van der Waals surface area contributed by atoms with Crippen LogP contribution in [-0.4, -0.2) is 55.0 Å². The van der Waals surface area contributed by atoms with Gasteiger partial charge >= 0.3 is 6.61 Å². The summed E-state index contributed by atoms with van der Waals surface area (Å²) < 4.78 is 41.1. The molecule has 0 aromatic heterocycles. The van der Waals surface area contributed by atoms with Crippen LogP contribution in [0, 0.1) is 6.92 Å². The Kier molecular flexibility index (Phi) is 8.67. The minimum Gasteiger partial charge on any atom is -0.435 e. The third kappa shape index (κ3) is 7.47. The molecular formula is C26H34F2N2O3. The number of ether oxygens (including phenoxy) is 3. The van der Waals surface area contributed by atoms with Gasteiger partial charge in [0.25, 0.3) is 0 Å². The van der Waals surface area contributed by atoms with Gasteiger partial charge in [0.1, 0.15) is 5.75 Å². The number of alkyl halides is 2. The van der Waals surface area contributed by atoms with Crippen molar-refractivity contribution in [2.75, 3.05) is 26.2 Å². The maximum atomic E-state index is 12.2. The molecule has 4 rings (SSSR count). The van der Waals surface area contributed by atoms with Gasteiger partial charge < -0.3 is 14.2 Å². The van der Waals surface area contributed by atoms with Crippen LogP contribution in [0.4, 0.5) is 8.78 Å². The van der Waals surface area contributed by atoms with Gasteiger partial charge in [0.15, 0.2) is 0 Å². The Morgan fingerprint density at radius 3 is 1.58 bits per heavy atom. The van der Waals surface area contributed by atoms with Crippen molar-refractivity contribution in [1.29, 1.82) is 0 Å². The molecule has 0 unspecified atom stereocenters. The van der Waals surface area contributed by atoms with Crippen LogP contribution >= 0.6 is 0 Å². The van der Waals surface area contributed by atoms with E-state index in [0.717, 1.165) is 57.4 Å². The molecule has 5 nitrogen and oxygen atoms in total. The van der Waals surface area contributed by atoms with E-state index in [4.69, 9.17) is 9.47 Å². The summed E-state index contributed by atoms with van der Waals surface area (Å²) in [6.45, 7) is 4.56. The molecule has 2 fully saturated rings. The van der Waals surface area contributed by atoms with Gasteiger partial charge in [-0.2, -0.15) is 8.78 Å². The Morgan fingerprint density at radius 2 is 1.15 bits per heavy atom. The van der Waals surface area contributed by atoms with E-state index < -0.39 is 6.61 Å². The average molecular weight is 461 g/mol. The Bertz CT molecular complexity index is 832. The number of halogens is 2. The van der Waals surface area contributed by atoms with Crippen molar-refractivity contribution >= 4 is 0 Å². The molecule has 0 amide bonds. The Balaban J connectivity index is 1.12. The predicted octanol–water partition coefficient (Wildman–Crippen LogP) is 5.17. The summed E-state index contributed by atoms with van der Waals surface area (Å²) in [5.41, 5.74) is 3.48. The summed E-state index contributed by atoms with van der Waals surface area (Å²) in [6, 6.07) is 15.2. The first-order valence-corrected chi connectivity index (χ1v) is 11.9. The molecular weight excluding hydrogens is 426 g/mol. The topological polar surface area (TPSA) is 34.2 Å². The first-order chi connectivity index (χ1) is 16.0. The van der Waals surface area contributed by atoms with E-state index in [1.807, 2.05) is 0 Å². The quantitative estimate of drug-likeness (QED) is 0.516. The maximum absolute atomic E-state index is 12.2. The predicted molar refractivity (Wildman–Crippen MR) is 123 cm³/mol. The van der Waals surface area contributed by atoms with E-state index >= 15 is 0 Å². The number of nitrogens with zero attached hydrogens (tertiary/aromatic N) is 2. The zero-order valence-electron chi connectivity index (χ0n) is 19.3. The molecule has 33 heavy (non-hydrogen) atoms. The maximum Gasteiger partial charge on any atom is 0.387 e. The molecule has 0 radical (unpaired) electrons. The van der Waals surface area contributed by atoms with Crippen LogP contribution in [0.25, 0.3) is 0 Å². The van der Waals surface area contributed by atoms with Gasteiger partial charge in [0, 0.05) is 26.2 Å². The highest BCUT2D eigenvalue weighted by molar-refractivity contribution is 5.26. The third-order valence-corrected chi connectivity index (χ3v) is 6.48. The van der Waals surface area contributed by atoms with Crippen LogP contribution in [0.1, 0.15) is 42.4 Å². The van der Waals surface area contributed by atoms with Crippen LogP contribution < -0.4 is 4.74 Å². The SMILES string of the molecule is Cc1ccc(COC2CCN(N3CCC(OCc4ccc(OC(F)F)cc4)CC3)CC2)cc1. The largest absolute Gasteiger partial charge is 0.435 e. The molecule has 0 bridgehead atoms. The van der Waals surface area contributed by atoms with Crippen LogP contribution in [0.2, 0.25) is 0 Å². The van der Waals surface area contributed by atoms with Gasteiger partial charge in [0.05, 0.1) is 25.4 Å². The van der Waals surface area contributed by atoms with E-state index in [0.29, 0.717) is 19.3 Å². The number of aryl methyl sites for hydroxylation is 1. The normalized spacial score (nSPS) is 19.3. The molecule has 180 valence electrons. The molecule has 0 N–H and O–H groups in total. The average Bonchev–Trinajstić information content (AvgIpc) is 2.84. The number of piperidine rings is 2. The smallest absolute Gasteiger partial charge is 0.387 e. The van der Waals surface area contributed by atoms with Gasteiger partial charge in [0.2, 0.25) is 0 Å². The van der Waals surface area contributed by atoms with Gasteiger partial charge in [-0.15, -0.1) is 0 Å². The summed E-state index contributed by atoms with van der Waals surface area (Å²) in [7, 11) is 0. The fourth-order valence-corrected chi connectivity index (χ4v) is 4.46. The van der Waals surface area contributed by atoms with Crippen molar-refractivity contribution in [3.8, 4) is 5.75 Å². The van der Waals surface area contributed by atoms with Gasteiger partial charge in [-0.25, -0.2) is 10.0 Å². The molecule has 2 aliphatic heterocycles. The molecule has 0 saturated carbocycles. The summed E-state index contributed by atoms with van der Waals surface area (Å²) in [5, 5.41) is 4.94. The number of hydrazine groups is 1. The van der Waals surface area contributed by atoms with Crippen molar-refractivity contribution in [2.45, 2.75) is 64.6 Å². The fraction of sp³-hybridized carbons (Fsp3) is 0.538. The molecule has 0 aliphatic carbocycles. The standard InChI is InChI=1S/C26H34F2N2O3/c1-20-2-4-21(5-3-20)18-31-23-10-14-29(15-11-23)30-16-12-24(13-17-30)32-19-22-6-8-25(9-7-22)33-26(27)28/h2-9,23-24,26H,10-19H2,1H3. The number of hydrogen-bond acceptors (Lipinski definition) is 5. The second-order valence-corrected chi connectivity index (χ2v) is 8.94. The van der Waals surface area contributed by atoms with Crippen LogP contribution in [0.5, 0.6) is 5.75 Å². The first kappa shape index (κ1) is 24.1. The molecule has 0 atom stereocenters. The lowest BCUT2D eigenvalue weighted by atomic mass is 10.1. The van der Waals surface area contributed by atoms with Crippen molar-refractivity contribution in [2.24, 2.45) is 0 Å². The Morgan fingerprint density at radius 1 is 0.727 bits per heavy atom. The Labute approximate surface area is 195 Å². The van der Waals surface area contributed by atoms with Crippen molar-refractivity contribution in [3.63, 3.8) is 0 Å². The third-order valence-electron chi connectivity index (χ3n) is 6.48. The van der Waals surface area contributed by atoms with Crippen molar-refractivity contribution < 1.29 is 23.0 Å². The van der Waals surface area contributed by atoms with Gasteiger partial charge in [-0.1, -0.05) is 42.0 Å². The molecule has 2 aliphatic rings. The second-order valence-electron chi connectivity index (χ2n) is 8.94. The first-order valence-electron chi connectivity index (χ1n) is 11.9. The van der Waals surface area contributed by atoms with E-state index in [1.165, 1.54) is 11.1 Å². The molecule has 7 heteroatoms. The Hall–Kier alpha value is -2.06. The minimum atomic E-state index is -2.80. The highest BCUT2D eigenvalue weighted by Gasteiger charge is 2.28. The van der Waals surface area contributed by atoms with E-state index in [2.05, 4.69) is 45.9 Å². The van der Waals surface area contributed by atoms with Crippen molar-refractivity contribution in [1.82, 2.24) is 10.0 Å². The lowest BCUT2D eigenvalue weighted by Gasteiger charge is -2.43. The number of benzene rings is 2. The van der Waals surface area contributed by atoms with E-state index in [1.54, 1.807) is 24.3 Å². The van der Waals surface area contributed by atoms with E-state index in [9.17, 15) is 8.78 Å². The van der Waals surface area contributed by atoms with Crippen molar-refractivity contribution in [3.05, 3.63) is 65.2 Å². The molecule has 2 saturated heterocycles. The lowest BCUT2D eigenvalue weighted by molar-refractivity contribution is -0.112. The van der Waals surface area contributed by atoms with Gasteiger partial charge in [-0.05, 0) is 55.9 Å². The monoisotopic (exact) mass is 460 g/mol. The molecule has 2 aromatic carbocycles. The van der Waals surface area contributed by atoms with Crippen LogP contribution in [0.15, 0.2) is 48.5 Å². The summed E-state index contributed by atoms with van der Waals surface area (Å²) >= 11 is 0. The second kappa shape index (κ2) is 11.9. The van der Waals surface area contributed by atoms with Gasteiger partial charge in [-0.3, -0.25) is 0 Å². The molecule has 2 heterocycles. The summed E-state index contributed by atoms with van der Waals surface area (Å²) in [4.78, 5) is 0. The lowest BCUT2D eigenvalue weighted by Crippen LogP contribution is -2.52.